The fourth-order valence-electron chi connectivity index (χ4n) is 1.43. The molecule has 14 heavy (non-hydrogen) atoms. The quantitative estimate of drug-likeness (QED) is 0.636. The predicted molar refractivity (Wildman–Crippen MR) is 66.1 cm³/mol. The second kappa shape index (κ2) is 4.16. The maximum absolute atomic E-state index is 3.76. The first-order valence-electron chi connectivity index (χ1n) is 4.62. The van der Waals surface area contributed by atoms with Gasteiger partial charge in [-0.2, -0.15) is 0 Å². The summed E-state index contributed by atoms with van der Waals surface area (Å²) in [5.41, 5.74) is 5.43. The predicted octanol–water partition coefficient (Wildman–Crippen LogP) is 4.66. The van der Waals surface area contributed by atoms with Crippen LogP contribution in [0.2, 0.25) is 0 Å². The number of rotatable bonds is 1. The van der Waals surface area contributed by atoms with E-state index in [2.05, 4.69) is 55.1 Å². The van der Waals surface area contributed by atoms with E-state index in [0.29, 0.717) is 0 Å². The molecule has 0 N–H and O–H groups in total. The zero-order valence-corrected chi connectivity index (χ0v) is 10.5. The van der Waals surface area contributed by atoms with E-state index in [0.717, 1.165) is 10.0 Å². The molecular weight excluding hydrogens is 236 g/mol. The van der Waals surface area contributed by atoms with Crippen molar-refractivity contribution in [1.82, 2.24) is 0 Å². The van der Waals surface area contributed by atoms with Crippen molar-refractivity contribution in [3.05, 3.63) is 46.6 Å². The van der Waals surface area contributed by atoms with Crippen molar-refractivity contribution in [2.24, 2.45) is 5.41 Å². The van der Waals surface area contributed by atoms with Gasteiger partial charge in [0.05, 0.1) is 0 Å². The molecule has 0 spiro atoms. The average Bonchev–Trinajstić information content (AvgIpc) is 2.07. The van der Waals surface area contributed by atoms with E-state index in [1.165, 1.54) is 5.56 Å². The maximum Gasteiger partial charge on any atom is 0.0256 e. The Morgan fingerprint density at radius 1 is 1.29 bits per heavy atom. The first kappa shape index (κ1) is 11.3. The van der Waals surface area contributed by atoms with Gasteiger partial charge >= 0.3 is 0 Å². The van der Waals surface area contributed by atoms with E-state index in [9.17, 15) is 0 Å². The fourth-order valence-corrected chi connectivity index (χ4v) is 1.91. The van der Waals surface area contributed by atoms with Gasteiger partial charge in [0.15, 0.2) is 0 Å². The van der Waals surface area contributed by atoms with Crippen LogP contribution in [0.3, 0.4) is 0 Å². The van der Waals surface area contributed by atoms with Crippen LogP contribution in [0.15, 0.2) is 41.0 Å². The zero-order chi connectivity index (χ0) is 10.8. The van der Waals surface area contributed by atoms with Crippen LogP contribution in [0, 0.1) is 5.41 Å². The Kier molecular flexibility index (Phi) is 3.36. The molecule has 0 amide bonds. The molecule has 0 aliphatic carbocycles. The summed E-state index contributed by atoms with van der Waals surface area (Å²) in [5.74, 6) is 0. The molecule has 0 aliphatic heterocycles. The number of halogens is 1. The van der Waals surface area contributed by atoms with Crippen LogP contribution in [0.25, 0.3) is 5.57 Å². The van der Waals surface area contributed by atoms with Crippen molar-refractivity contribution >= 4 is 21.5 Å². The van der Waals surface area contributed by atoms with Gasteiger partial charge in [0.25, 0.3) is 0 Å². The lowest BCUT2D eigenvalue weighted by molar-refractivity contribution is 0.567. The highest BCUT2D eigenvalue weighted by molar-refractivity contribution is 9.10. The van der Waals surface area contributed by atoms with Crippen LogP contribution >= 0.6 is 15.9 Å². The van der Waals surface area contributed by atoms with E-state index in [-0.39, 0.29) is 5.41 Å². The summed E-state index contributed by atoms with van der Waals surface area (Å²) in [7, 11) is 0. The van der Waals surface area contributed by atoms with Crippen molar-refractivity contribution in [3.8, 4) is 0 Å². The Labute approximate surface area is 94.5 Å². The molecule has 1 aromatic carbocycles. The topological polar surface area (TPSA) is 0 Å². The normalized spacial score (nSPS) is 10.9. The van der Waals surface area contributed by atoms with Crippen LogP contribution in [0.4, 0.5) is 0 Å². The second-order valence-corrected chi connectivity index (χ2v) is 5.14. The second-order valence-electron chi connectivity index (χ2n) is 4.28. The lowest BCUT2D eigenvalue weighted by Gasteiger charge is -2.22. The lowest BCUT2D eigenvalue weighted by Crippen LogP contribution is -2.07. The molecule has 0 saturated carbocycles. The van der Waals surface area contributed by atoms with Crippen LogP contribution in [-0.4, -0.2) is 0 Å². The summed E-state index contributed by atoms with van der Waals surface area (Å²) in [6.07, 6.45) is 0. The van der Waals surface area contributed by atoms with Crippen molar-refractivity contribution < 1.29 is 0 Å². The Balaban J connectivity index is 3.30. The van der Waals surface area contributed by atoms with E-state index in [1.807, 2.05) is 18.2 Å². The summed E-state index contributed by atoms with van der Waals surface area (Å²) in [5, 5.41) is 0. The van der Waals surface area contributed by atoms with Gasteiger partial charge in [-0.25, -0.2) is 0 Å². The Bertz CT molecular complexity index is 376. The SMILES string of the molecule is C=C=C(c1ccccc1Br)C(C)(C)C. The molecule has 0 bridgehead atoms. The zero-order valence-electron chi connectivity index (χ0n) is 8.89. The molecule has 0 aliphatic rings. The summed E-state index contributed by atoms with van der Waals surface area (Å²) < 4.78 is 1.10. The van der Waals surface area contributed by atoms with Crippen LogP contribution in [-0.2, 0) is 0 Å². The lowest BCUT2D eigenvalue weighted by atomic mass is 9.83. The van der Waals surface area contributed by atoms with Crippen LogP contribution in [0.5, 0.6) is 0 Å². The van der Waals surface area contributed by atoms with Gasteiger partial charge in [0.2, 0.25) is 0 Å². The third-order valence-corrected chi connectivity index (χ3v) is 2.76. The molecule has 0 saturated heterocycles. The molecule has 1 aromatic rings. The smallest absolute Gasteiger partial charge is 0.0256 e. The minimum Gasteiger partial charge on any atom is -0.124 e. The molecule has 0 nitrogen and oxygen atoms in total. The standard InChI is InChI=1S/C13H15Br/c1-5-11(13(2,3)4)10-8-6-7-9-12(10)14/h6-9H,1H2,2-4H3. The number of benzene rings is 1. The number of allylic oxidation sites excluding steroid dienone is 1. The van der Waals surface area contributed by atoms with Crippen molar-refractivity contribution in [3.63, 3.8) is 0 Å². The first-order valence-corrected chi connectivity index (χ1v) is 5.41. The molecule has 74 valence electrons. The third-order valence-electron chi connectivity index (χ3n) is 2.07. The minimum absolute atomic E-state index is 0.0750. The van der Waals surface area contributed by atoms with Gasteiger partial charge in [-0.15, -0.1) is 5.73 Å². The van der Waals surface area contributed by atoms with Gasteiger partial charge in [-0.05, 0) is 11.5 Å². The van der Waals surface area contributed by atoms with E-state index in [1.54, 1.807) is 0 Å². The molecule has 1 rings (SSSR count). The fraction of sp³-hybridized carbons (Fsp3) is 0.308. The van der Waals surface area contributed by atoms with E-state index >= 15 is 0 Å². The highest BCUT2D eigenvalue weighted by Gasteiger charge is 2.19. The largest absolute Gasteiger partial charge is 0.124 e. The molecular formula is C13H15Br. The molecule has 0 fully saturated rings. The van der Waals surface area contributed by atoms with Gasteiger partial charge < -0.3 is 0 Å². The summed E-state index contributed by atoms with van der Waals surface area (Å²) in [6, 6.07) is 8.17. The van der Waals surface area contributed by atoms with Crippen molar-refractivity contribution in [1.29, 1.82) is 0 Å². The monoisotopic (exact) mass is 250 g/mol. The Morgan fingerprint density at radius 2 is 1.86 bits per heavy atom. The highest BCUT2D eigenvalue weighted by Crippen LogP contribution is 2.36. The molecule has 1 heteroatoms. The van der Waals surface area contributed by atoms with Crippen molar-refractivity contribution in [2.45, 2.75) is 20.8 Å². The molecule has 0 aromatic heterocycles. The maximum atomic E-state index is 3.76. The summed E-state index contributed by atoms with van der Waals surface area (Å²) >= 11 is 3.54. The molecule has 0 heterocycles. The first-order chi connectivity index (χ1) is 6.46. The molecule has 0 atom stereocenters. The van der Waals surface area contributed by atoms with Crippen LogP contribution in [0.1, 0.15) is 26.3 Å². The average molecular weight is 251 g/mol. The van der Waals surface area contributed by atoms with Gasteiger partial charge in [-0.1, -0.05) is 61.5 Å². The number of hydrogen-bond donors (Lipinski definition) is 0. The summed E-state index contributed by atoms with van der Waals surface area (Å²) in [6.45, 7) is 10.3. The minimum atomic E-state index is 0.0750. The molecule has 0 radical (unpaired) electrons. The third kappa shape index (κ3) is 2.37. The van der Waals surface area contributed by atoms with E-state index < -0.39 is 0 Å². The Hall–Kier alpha value is -0.780. The van der Waals surface area contributed by atoms with Crippen molar-refractivity contribution in [2.75, 3.05) is 0 Å². The highest BCUT2D eigenvalue weighted by atomic mass is 79.9. The van der Waals surface area contributed by atoms with Crippen LogP contribution < -0.4 is 0 Å². The van der Waals surface area contributed by atoms with Gasteiger partial charge in [0.1, 0.15) is 0 Å². The number of hydrogen-bond acceptors (Lipinski definition) is 0. The van der Waals surface area contributed by atoms with E-state index in [4.69, 9.17) is 0 Å². The summed E-state index contributed by atoms with van der Waals surface area (Å²) in [4.78, 5) is 0. The van der Waals surface area contributed by atoms with Gasteiger partial charge in [-0.3, -0.25) is 0 Å². The van der Waals surface area contributed by atoms with Gasteiger partial charge in [0, 0.05) is 15.6 Å². The molecule has 0 unspecified atom stereocenters. The Morgan fingerprint density at radius 3 is 2.29 bits per heavy atom.